The van der Waals surface area contributed by atoms with Gasteiger partial charge in [-0.15, -0.1) is 0 Å². The molecule has 0 radical (unpaired) electrons. The summed E-state index contributed by atoms with van der Waals surface area (Å²) in [7, 11) is 1.38. The third-order valence-corrected chi connectivity index (χ3v) is 4.05. The summed E-state index contributed by atoms with van der Waals surface area (Å²) < 4.78 is 4.91. The summed E-state index contributed by atoms with van der Waals surface area (Å²) in [6.45, 7) is 2.57. The van der Waals surface area contributed by atoms with Crippen LogP contribution in [0.1, 0.15) is 25.3 Å². The van der Waals surface area contributed by atoms with Crippen LogP contribution in [0.4, 0.5) is 0 Å². The van der Waals surface area contributed by atoms with Gasteiger partial charge in [0.05, 0.1) is 7.11 Å². The average molecular weight is 302 g/mol. The summed E-state index contributed by atoms with van der Waals surface area (Å²) in [5.41, 5.74) is -0.259. The van der Waals surface area contributed by atoms with Crippen LogP contribution in [0.25, 0.3) is 0 Å². The molecule has 1 aliphatic carbocycles. The Balaban J connectivity index is 2.31. The van der Waals surface area contributed by atoms with Crippen molar-refractivity contribution in [3.63, 3.8) is 0 Å². The molecule has 0 heterocycles. The summed E-state index contributed by atoms with van der Waals surface area (Å²) in [5.74, 6) is 0.299. The van der Waals surface area contributed by atoms with Gasteiger partial charge in [0.25, 0.3) is 0 Å². The molecule has 0 amide bonds. The van der Waals surface area contributed by atoms with E-state index < -0.39 is 5.54 Å². The van der Waals surface area contributed by atoms with Gasteiger partial charge in [-0.2, -0.15) is 0 Å². The van der Waals surface area contributed by atoms with E-state index in [2.05, 4.69) is 5.32 Å². The van der Waals surface area contributed by atoms with Gasteiger partial charge in [0.1, 0.15) is 5.54 Å². The van der Waals surface area contributed by atoms with Crippen LogP contribution in [0.3, 0.4) is 0 Å². The molecule has 0 spiro atoms. The summed E-state index contributed by atoms with van der Waals surface area (Å²) in [4.78, 5) is 12.1. The first-order valence-electron chi connectivity index (χ1n) is 6.26. The van der Waals surface area contributed by atoms with Gasteiger partial charge in [-0.3, -0.25) is 5.32 Å². The Morgan fingerprint density at radius 2 is 2.16 bits per heavy atom. The molecule has 1 saturated carbocycles. The van der Waals surface area contributed by atoms with Gasteiger partial charge in [0.15, 0.2) is 0 Å². The van der Waals surface area contributed by atoms with Crippen LogP contribution in [0, 0.1) is 5.92 Å². The maximum absolute atomic E-state index is 12.1. The highest BCUT2D eigenvalue weighted by Gasteiger charge is 2.39. The molecule has 0 aromatic heterocycles. The zero-order valence-corrected chi connectivity index (χ0v) is 12.5. The van der Waals surface area contributed by atoms with Crippen LogP contribution < -0.4 is 5.32 Å². The minimum atomic E-state index is -0.945. The van der Waals surface area contributed by atoms with Crippen LogP contribution in [-0.4, -0.2) is 19.6 Å². The van der Waals surface area contributed by atoms with E-state index in [4.69, 9.17) is 27.9 Å². The Hall–Kier alpha value is -0.770. The van der Waals surface area contributed by atoms with Crippen molar-refractivity contribution in [3.05, 3.63) is 33.8 Å². The molecule has 0 aliphatic heterocycles. The van der Waals surface area contributed by atoms with Crippen LogP contribution in [0.5, 0.6) is 0 Å². The second-order valence-corrected chi connectivity index (χ2v) is 5.91. The van der Waals surface area contributed by atoms with E-state index in [0.717, 1.165) is 6.54 Å². The fourth-order valence-corrected chi connectivity index (χ4v) is 2.64. The standard InChI is InChI=1S/C14H17Cl2NO2/c1-14(13(18)19-2,17-8-9-3-4-9)11-6-5-10(15)7-12(11)16/h5-7,9,17H,3-4,8H2,1-2H3. The molecular formula is C14H17Cl2NO2. The zero-order valence-electron chi connectivity index (χ0n) is 11.0. The Kier molecular flexibility index (Phi) is 4.39. The molecule has 1 fully saturated rings. The maximum Gasteiger partial charge on any atom is 0.330 e. The molecule has 0 bridgehead atoms. The SMILES string of the molecule is COC(=O)C(C)(NCC1CC1)c1ccc(Cl)cc1Cl. The fraction of sp³-hybridized carbons (Fsp3) is 0.500. The number of carbonyl (C=O) groups excluding carboxylic acids is 1. The smallest absolute Gasteiger partial charge is 0.330 e. The molecular weight excluding hydrogens is 285 g/mol. The van der Waals surface area contributed by atoms with Crippen LogP contribution >= 0.6 is 23.2 Å². The number of benzene rings is 1. The van der Waals surface area contributed by atoms with Crippen LogP contribution in [0.15, 0.2) is 18.2 Å². The van der Waals surface area contributed by atoms with Crippen molar-refractivity contribution in [2.45, 2.75) is 25.3 Å². The van der Waals surface area contributed by atoms with Crippen molar-refractivity contribution >= 4 is 29.2 Å². The number of esters is 1. The van der Waals surface area contributed by atoms with Crippen molar-refractivity contribution in [2.24, 2.45) is 5.92 Å². The Labute approximate surface area is 123 Å². The largest absolute Gasteiger partial charge is 0.467 e. The van der Waals surface area contributed by atoms with Gasteiger partial charge in [0.2, 0.25) is 0 Å². The molecule has 1 aromatic carbocycles. The lowest BCUT2D eigenvalue weighted by molar-refractivity contribution is -0.148. The number of methoxy groups -OCH3 is 1. The third-order valence-electron chi connectivity index (χ3n) is 3.50. The lowest BCUT2D eigenvalue weighted by atomic mass is 9.91. The molecule has 104 valence electrons. The predicted molar refractivity (Wildman–Crippen MR) is 76.6 cm³/mol. The van der Waals surface area contributed by atoms with Gasteiger partial charge in [0, 0.05) is 15.6 Å². The molecule has 1 aromatic rings. The first-order chi connectivity index (χ1) is 8.97. The lowest BCUT2D eigenvalue weighted by Gasteiger charge is -2.29. The van der Waals surface area contributed by atoms with Crippen molar-refractivity contribution < 1.29 is 9.53 Å². The first-order valence-corrected chi connectivity index (χ1v) is 7.02. The van der Waals surface area contributed by atoms with Gasteiger partial charge in [-0.25, -0.2) is 4.79 Å². The number of ether oxygens (including phenoxy) is 1. The highest BCUT2D eigenvalue weighted by atomic mass is 35.5. The van der Waals surface area contributed by atoms with Crippen molar-refractivity contribution in [3.8, 4) is 0 Å². The average Bonchev–Trinajstić information content (AvgIpc) is 3.19. The lowest BCUT2D eigenvalue weighted by Crippen LogP contribution is -2.48. The Bertz CT molecular complexity index is 488. The van der Waals surface area contributed by atoms with Gasteiger partial charge < -0.3 is 4.74 Å². The Morgan fingerprint density at radius 1 is 1.47 bits per heavy atom. The van der Waals surface area contributed by atoms with Crippen molar-refractivity contribution in [2.75, 3.05) is 13.7 Å². The molecule has 0 saturated heterocycles. The predicted octanol–water partition coefficient (Wildman–Crippen LogP) is 3.38. The highest BCUT2D eigenvalue weighted by Crippen LogP contribution is 2.34. The van der Waals surface area contributed by atoms with Crippen LogP contribution in [0.2, 0.25) is 10.0 Å². The molecule has 1 N–H and O–H groups in total. The number of nitrogens with one attached hydrogen (secondary N) is 1. The molecule has 19 heavy (non-hydrogen) atoms. The van der Waals surface area contributed by atoms with E-state index in [0.29, 0.717) is 21.5 Å². The topological polar surface area (TPSA) is 38.3 Å². The summed E-state index contributed by atoms with van der Waals surface area (Å²) in [6.07, 6.45) is 2.41. The van der Waals surface area contributed by atoms with E-state index in [1.807, 2.05) is 0 Å². The number of rotatable bonds is 5. The molecule has 2 rings (SSSR count). The summed E-state index contributed by atoms with van der Waals surface area (Å²) in [6, 6.07) is 5.13. The Morgan fingerprint density at radius 3 is 2.68 bits per heavy atom. The van der Waals surface area contributed by atoms with Gasteiger partial charge in [-0.05, 0) is 44.4 Å². The third kappa shape index (κ3) is 3.22. The van der Waals surface area contributed by atoms with Crippen molar-refractivity contribution in [1.82, 2.24) is 5.32 Å². The van der Waals surface area contributed by atoms with E-state index in [1.165, 1.54) is 20.0 Å². The number of hydrogen-bond donors (Lipinski definition) is 1. The molecule has 3 nitrogen and oxygen atoms in total. The zero-order chi connectivity index (χ0) is 14.0. The van der Waals surface area contributed by atoms with E-state index >= 15 is 0 Å². The van der Waals surface area contributed by atoms with E-state index in [9.17, 15) is 4.79 Å². The van der Waals surface area contributed by atoms with Gasteiger partial charge >= 0.3 is 5.97 Å². The molecule has 5 heteroatoms. The van der Waals surface area contributed by atoms with Gasteiger partial charge in [-0.1, -0.05) is 29.3 Å². The monoisotopic (exact) mass is 301 g/mol. The first kappa shape index (κ1) is 14.6. The number of halogens is 2. The van der Waals surface area contributed by atoms with Crippen LogP contribution in [-0.2, 0) is 15.1 Å². The summed E-state index contributed by atoms with van der Waals surface area (Å²) >= 11 is 12.1. The normalized spacial score (nSPS) is 17.9. The highest BCUT2D eigenvalue weighted by molar-refractivity contribution is 6.35. The quantitative estimate of drug-likeness (QED) is 0.847. The minimum Gasteiger partial charge on any atom is -0.467 e. The number of carbonyl (C=O) groups is 1. The van der Waals surface area contributed by atoms with E-state index in [1.54, 1.807) is 25.1 Å². The second kappa shape index (κ2) is 5.70. The van der Waals surface area contributed by atoms with E-state index in [-0.39, 0.29) is 5.97 Å². The maximum atomic E-state index is 12.1. The second-order valence-electron chi connectivity index (χ2n) is 5.07. The summed E-state index contributed by atoms with van der Waals surface area (Å²) in [5, 5.41) is 4.29. The van der Waals surface area contributed by atoms with Crippen molar-refractivity contribution in [1.29, 1.82) is 0 Å². The number of hydrogen-bond acceptors (Lipinski definition) is 3. The fourth-order valence-electron chi connectivity index (χ4n) is 2.05. The molecule has 1 unspecified atom stereocenters. The molecule has 1 atom stereocenters. The minimum absolute atomic E-state index is 0.350. The molecule has 1 aliphatic rings.